The van der Waals surface area contributed by atoms with Gasteiger partial charge in [0, 0.05) is 119 Å². The van der Waals surface area contributed by atoms with Crippen molar-refractivity contribution in [2.75, 3.05) is 114 Å². The van der Waals surface area contributed by atoms with Gasteiger partial charge in [-0.05, 0) is 141 Å². The van der Waals surface area contributed by atoms with E-state index in [1.165, 1.54) is 99.8 Å². The summed E-state index contributed by atoms with van der Waals surface area (Å²) in [5.74, 6) is 0.264. The van der Waals surface area contributed by atoms with Crippen LogP contribution in [0.3, 0.4) is 0 Å². The van der Waals surface area contributed by atoms with E-state index in [1.54, 1.807) is 5.20 Å². The van der Waals surface area contributed by atoms with Crippen molar-refractivity contribution < 1.29 is 0 Å². The van der Waals surface area contributed by atoms with Crippen LogP contribution >= 0.6 is 0 Å². The molecule has 0 fully saturated rings. The SMILES string of the molecule is CC1=C(C)C(C)C([Si](c2c(C)c(N(C)C)cc(C)c2N(C)C)(c2c(C)c(N(C)C)cc(C)c2N(C)C)c2c(C)c(N(C)C)cc(C)c2N(C)C)=C1C. The zero-order valence-corrected chi connectivity index (χ0v) is 38.0. The van der Waals surface area contributed by atoms with Gasteiger partial charge >= 0.3 is 0 Å². The third-order valence-corrected chi connectivity index (χ3v) is 17.8. The second kappa shape index (κ2) is 14.5. The average Bonchev–Trinajstić information content (AvgIpc) is 3.22. The summed E-state index contributed by atoms with van der Waals surface area (Å²) < 4.78 is 0. The number of aryl methyl sites for hydroxylation is 3. The summed E-state index contributed by atoms with van der Waals surface area (Å²) in [4.78, 5) is 14.3. The molecule has 52 heavy (non-hydrogen) atoms. The van der Waals surface area contributed by atoms with Crippen LogP contribution < -0.4 is 45.0 Å². The Labute approximate surface area is 319 Å². The minimum atomic E-state index is -3.35. The van der Waals surface area contributed by atoms with Crippen molar-refractivity contribution in [3.8, 4) is 0 Å². The van der Waals surface area contributed by atoms with Gasteiger partial charge < -0.3 is 29.4 Å². The molecule has 0 aliphatic heterocycles. The zero-order chi connectivity index (χ0) is 39.6. The van der Waals surface area contributed by atoms with E-state index in [9.17, 15) is 0 Å². The van der Waals surface area contributed by atoms with Gasteiger partial charge in [-0.25, -0.2) is 0 Å². The van der Waals surface area contributed by atoms with Crippen molar-refractivity contribution in [1.29, 1.82) is 0 Å². The fourth-order valence-electron chi connectivity index (χ4n) is 9.90. The summed E-state index contributed by atoms with van der Waals surface area (Å²) in [5, 5.41) is 6.14. The van der Waals surface area contributed by atoms with Gasteiger partial charge in [0.25, 0.3) is 0 Å². The Hall–Kier alpha value is -3.84. The number of allylic oxidation sites excluding steroid dienone is 4. The van der Waals surface area contributed by atoms with Crippen LogP contribution in [0.15, 0.2) is 40.1 Å². The van der Waals surface area contributed by atoms with Crippen molar-refractivity contribution in [3.05, 3.63) is 73.5 Å². The van der Waals surface area contributed by atoms with Gasteiger partial charge in [-0.3, -0.25) is 0 Å². The number of hydrogen-bond donors (Lipinski definition) is 0. The highest BCUT2D eigenvalue weighted by Crippen LogP contribution is 2.47. The van der Waals surface area contributed by atoms with Crippen molar-refractivity contribution in [2.24, 2.45) is 5.92 Å². The molecule has 0 N–H and O–H groups in total. The number of nitrogens with zero attached hydrogens (tertiary/aromatic N) is 6. The number of hydrogen-bond acceptors (Lipinski definition) is 6. The lowest BCUT2D eigenvalue weighted by molar-refractivity contribution is 0.851. The number of benzene rings is 3. The lowest BCUT2D eigenvalue weighted by Gasteiger charge is -2.48. The van der Waals surface area contributed by atoms with E-state index in [2.05, 4.69) is 201 Å². The molecule has 0 saturated carbocycles. The molecule has 0 aromatic heterocycles. The standard InChI is InChI=1S/C45H70N6Si/c1-26-23-36(46(11)12)33(8)43(39(26)49(17)18)52(42-31(6)29(4)30(5)32(42)7,44-34(9)37(47(13)14)24-27(2)40(44)50(19)20)45-35(10)38(48(15)16)25-28(3)41(45)51(21)22/h23-25,31H,1-22H3. The smallest absolute Gasteiger partial charge is 0.184 e. The Balaban J connectivity index is 2.75. The lowest BCUT2D eigenvalue weighted by atomic mass is 10.0. The molecule has 0 bridgehead atoms. The average molecular weight is 723 g/mol. The molecule has 1 aliphatic carbocycles. The molecule has 3 aromatic carbocycles. The third kappa shape index (κ3) is 6.11. The molecule has 0 amide bonds. The Morgan fingerprint density at radius 1 is 0.404 bits per heavy atom. The van der Waals surface area contributed by atoms with Crippen LogP contribution in [0, 0.1) is 47.5 Å². The fourth-order valence-corrected chi connectivity index (χ4v) is 17.5. The van der Waals surface area contributed by atoms with E-state index >= 15 is 0 Å². The maximum atomic E-state index is 2.50. The first-order valence-electron chi connectivity index (χ1n) is 18.8. The van der Waals surface area contributed by atoms with Crippen molar-refractivity contribution >= 4 is 57.8 Å². The summed E-state index contributed by atoms with van der Waals surface area (Å²) in [6.07, 6.45) is 0. The van der Waals surface area contributed by atoms with Crippen LogP contribution in [0.25, 0.3) is 0 Å². The number of anilines is 6. The normalized spacial score (nSPS) is 14.8. The highest BCUT2D eigenvalue weighted by molar-refractivity contribution is 7.19. The maximum Gasteiger partial charge on any atom is 0.184 e. The molecule has 1 atom stereocenters. The molecule has 0 saturated heterocycles. The Kier molecular flexibility index (Phi) is 11.4. The molecule has 1 aliphatic rings. The highest BCUT2D eigenvalue weighted by atomic mass is 28.3. The van der Waals surface area contributed by atoms with Crippen LogP contribution in [-0.2, 0) is 0 Å². The Morgan fingerprint density at radius 2 is 0.673 bits per heavy atom. The predicted octanol–water partition coefficient (Wildman–Crippen LogP) is 7.25. The number of rotatable bonds is 10. The molecule has 1 unspecified atom stereocenters. The molecule has 0 radical (unpaired) electrons. The molecular weight excluding hydrogens is 653 g/mol. The molecule has 6 nitrogen and oxygen atoms in total. The quantitative estimate of drug-likeness (QED) is 0.161. The van der Waals surface area contributed by atoms with Crippen LogP contribution in [0.1, 0.15) is 61.1 Å². The van der Waals surface area contributed by atoms with E-state index in [1.807, 2.05) is 0 Å². The topological polar surface area (TPSA) is 19.4 Å². The molecule has 3 aromatic rings. The van der Waals surface area contributed by atoms with Gasteiger partial charge in [-0.1, -0.05) is 23.3 Å². The maximum absolute atomic E-state index is 3.35. The van der Waals surface area contributed by atoms with Gasteiger partial charge in [-0.2, -0.15) is 0 Å². The minimum Gasteiger partial charge on any atom is -0.377 e. The zero-order valence-electron chi connectivity index (χ0n) is 37.0. The van der Waals surface area contributed by atoms with E-state index in [0.717, 1.165) is 0 Å². The molecule has 0 heterocycles. The van der Waals surface area contributed by atoms with Gasteiger partial charge in [0.05, 0.1) is 0 Å². The van der Waals surface area contributed by atoms with Gasteiger partial charge in [0.15, 0.2) is 8.07 Å². The highest BCUT2D eigenvalue weighted by Gasteiger charge is 2.55. The van der Waals surface area contributed by atoms with Gasteiger partial charge in [0.2, 0.25) is 0 Å². The first-order chi connectivity index (χ1) is 24.0. The van der Waals surface area contributed by atoms with E-state index in [0.29, 0.717) is 0 Å². The molecular formula is C45H70N6Si. The second-order valence-electron chi connectivity index (χ2n) is 16.9. The van der Waals surface area contributed by atoms with Crippen molar-refractivity contribution in [2.45, 2.75) is 69.2 Å². The van der Waals surface area contributed by atoms with E-state index in [4.69, 9.17) is 0 Å². The van der Waals surface area contributed by atoms with Crippen LogP contribution in [0.4, 0.5) is 34.1 Å². The summed E-state index contributed by atoms with van der Waals surface area (Å²) in [7, 11) is 23.5. The Bertz CT molecular complexity index is 1780. The van der Waals surface area contributed by atoms with E-state index < -0.39 is 8.07 Å². The molecule has 0 spiro atoms. The largest absolute Gasteiger partial charge is 0.377 e. The van der Waals surface area contributed by atoms with E-state index in [-0.39, 0.29) is 5.92 Å². The van der Waals surface area contributed by atoms with Crippen molar-refractivity contribution in [1.82, 2.24) is 0 Å². The Morgan fingerprint density at radius 3 is 0.865 bits per heavy atom. The fraction of sp³-hybridized carbons (Fsp3) is 0.511. The van der Waals surface area contributed by atoms with Gasteiger partial charge in [0.1, 0.15) is 0 Å². The van der Waals surface area contributed by atoms with Crippen LogP contribution in [0.5, 0.6) is 0 Å². The predicted molar refractivity (Wildman–Crippen MR) is 239 cm³/mol. The monoisotopic (exact) mass is 723 g/mol. The molecule has 284 valence electrons. The summed E-state index contributed by atoms with van der Waals surface area (Å²) in [6.45, 7) is 24.0. The van der Waals surface area contributed by atoms with Crippen LogP contribution in [0.2, 0.25) is 0 Å². The van der Waals surface area contributed by atoms with Gasteiger partial charge in [-0.15, -0.1) is 0 Å². The first kappa shape index (κ1) is 40.9. The lowest BCUT2D eigenvalue weighted by Crippen LogP contribution is -2.73. The minimum absolute atomic E-state index is 0.264. The second-order valence-corrected chi connectivity index (χ2v) is 20.4. The summed E-state index contributed by atoms with van der Waals surface area (Å²) in [6, 6.07) is 7.26. The van der Waals surface area contributed by atoms with Crippen LogP contribution in [-0.4, -0.2) is 92.6 Å². The molecule has 4 rings (SSSR count). The first-order valence-corrected chi connectivity index (χ1v) is 20.8. The molecule has 7 heteroatoms. The third-order valence-electron chi connectivity index (χ3n) is 12.1. The summed E-state index contributed by atoms with van der Waals surface area (Å²) in [5.41, 5.74) is 20.3. The summed E-state index contributed by atoms with van der Waals surface area (Å²) >= 11 is 0. The van der Waals surface area contributed by atoms with Crippen molar-refractivity contribution in [3.63, 3.8) is 0 Å².